The second-order valence-corrected chi connectivity index (χ2v) is 6.79. The SMILES string of the molecule is Cc1ncc(Br)c(=O)n1CC1(CS)CCCCCC1. The van der Waals surface area contributed by atoms with E-state index >= 15 is 0 Å². The van der Waals surface area contributed by atoms with Crippen LogP contribution in [-0.2, 0) is 6.54 Å². The first kappa shape index (κ1) is 15.1. The molecule has 19 heavy (non-hydrogen) atoms. The van der Waals surface area contributed by atoms with Gasteiger partial charge in [0, 0.05) is 12.7 Å². The molecule has 106 valence electrons. The molecule has 1 aliphatic carbocycles. The standard InChI is InChI=1S/C14H21BrN2OS/c1-11-16-8-12(15)13(18)17(11)9-14(10-19)6-4-2-3-5-7-14/h8,19H,2-7,9-10H2,1H3. The van der Waals surface area contributed by atoms with Crippen molar-refractivity contribution >= 4 is 28.6 Å². The topological polar surface area (TPSA) is 34.9 Å². The number of halogens is 1. The zero-order chi connectivity index (χ0) is 13.9. The summed E-state index contributed by atoms with van der Waals surface area (Å²) in [5, 5.41) is 0. The van der Waals surface area contributed by atoms with E-state index < -0.39 is 0 Å². The van der Waals surface area contributed by atoms with Crippen LogP contribution in [-0.4, -0.2) is 15.3 Å². The quantitative estimate of drug-likeness (QED) is 0.671. The van der Waals surface area contributed by atoms with E-state index in [1.54, 1.807) is 6.20 Å². The number of aryl methyl sites for hydroxylation is 1. The molecule has 0 atom stereocenters. The molecule has 0 saturated heterocycles. The van der Waals surface area contributed by atoms with Crippen LogP contribution in [0.1, 0.15) is 44.3 Å². The van der Waals surface area contributed by atoms with E-state index in [1.165, 1.54) is 25.7 Å². The molecule has 1 fully saturated rings. The Morgan fingerprint density at radius 1 is 1.37 bits per heavy atom. The third-order valence-corrected chi connectivity index (χ3v) is 5.41. The van der Waals surface area contributed by atoms with Gasteiger partial charge in [0.2, 0.25) is 0 Å². The summed E-state index contributed by atoms with van der Waals surface area (Å²) in [4.78, 5) is 16.5. The molecule has 0 aromatic carbocycles. The molecule has 1 aromatic rings. The van der Waals surface area contributed by atoms with Gasteiger partial charge in [-0.15, -0.1) is 0 Å². The lowest BCUT2D eigenvalue weighted by Crippen LogP contribution is -2.35. The number of rotatable bonds is 3. The van der Waals surface area contributed by atoms with E-state index in [0.717, 1.165) is 31.0 Å². The normalized spacial score (nSPS) is 19.1. The molecule has 0 N–H and O–H groups in total. The first-order valence-electron chi connectivity index (χ1n) is 6.91. The molecule has 0 aliphatic heterocycles. The second kappa shape index (κ2) is 6.44. The summed E-state index contributed by atoms with van der Waals surface area (Å²) < 4.78 is 2.35. The van der Waals surface area contributed by atoms with Crippen molar-refractivity contribution in [1.29, 1.82) is 0 Å². The lowest BCUT2D eigenvalue weighted by molar-refractivity contribution is 0.234. The molecule has 1 heterocycles. The molecular weight excluding hydrogens is 324 g/mol. The maximum Gasteiger partial charge on any atom is 0.267 e. The van der Waals surface area contributed by atoms with Gasteiger partial charge in [-0.2, -0.15) is 12.6 Å². The van der Waals surface area contributed by atoms with Crippen LogP contribution in [0.5, 0.6) is 0 Å². The van der Waals surface area contributed by atoms with E-state index in [1.807, 2.05) is 11.5 Å². The van der Waals surface area contributed by atoms with E-state index in [-0.39, 0.29) is 11.0 Å². The van der Waals surface area contributed by atoms with Gasteiger partial charge in [0.15, 0.2) is 0 Å². The van der Waals surface area contributed by atoms with Gasteiger partial charge in [-0.1, -0.05) is 25.7 Å². The van der Waals surface area contributed by atoms with E-state index in [0.29, 0.717) is 4.47 Å². The van der Waals surface area contributed by atoms with Crippen molar-refractivity contribution in [2.75, 3.05) is 5.75 Å². The molecule has 1 aliphatic rings. The van der Waals surface area contributed by atoms with Crippen molar-refractivity contribution in [2.45, 2.75) is 52.0 Å². The third kappa shape index (κ3) is 3.43. The van der Waals surface area contributed by atoms with Crippen LogP contribution in [0.2, 0.25) is 0 Å². The minimum absolute atomic E-state index is 0.0258. The predicted octanol–water partition coefficient (Wildman–Crippen LogP) is 3.58. The maximum atomic E-state index is 12.3. The van der Waals surface area contributed by atoms with Gasteiger partial charge in [0.05, 0.1) is 0 Å². The van der Waals surface area contributed by atoms with Crippen molar-refractivity contribution in [3.05, 3.63) is 26.8 Å². The molecule has 5 heteroatoms. The highest BCUT2D eigenvalue weighted by molar-refractivity contribution is 9.10. The fraction of sp³-hybridized carbons (Fsp3) is 0.714. The van der Waals surface area contributed by atoms with E-state index in [4.69, 9.17) is 0 Å². The number of hydrogen-bond donors (Lipinski definition) is 1. The highest BCUT2D eigenvalue weighted by atomic mass is 79.9. The molecule has 0 radical (unpaired) electrons. The average molecular weight is 345 g/mol. The Hall–Kier alpha value is -0.290. The minimum Gasteiger partial charge on any atom is -0.295 e. The monoisotopic (exact) mass is 344 g/mol. The molecular formula is C14H21BrN2OS. The summed E-state index contributed by atoms with van der Waals surface area (Å²) in [5.41, 5.74) is 0.175. The number of hydrogen-bond acceptors (Lipinski definition) is 3. The molecule has 3 nitrogen and oxygen atoms in total. The summed E-state index contributed by atoms with van der Waals surface area (Å²) in [5.74, 6) is 1.63. The van der Waals surface area contributed by atoms with Crippen LogP contribution in [0.25, 0.3) is 0 Å². The molecule has 0 unspecified atom stereocenters. The first-order chi connectivity index (χ1) is 9.08. The van der Waals surface area contributed by atoms with Crippen LogP contribution < -0.4 is 5.56 Å². The van der Waals surface area contributed by atoms with Gasteiger partial charge in [0.25, 0.3) is 5.56 Å². The highest BCUT2D eigenvalue weighted by Gasteiger charge is 2.31. The Morgan fingerprint density at radius 3 is 2.58 bits per heavy atom. The summed E-state index contributed by atoms with van der Waals surface area (Å²) in [7, 11) is 0. The molecule has 1 aromatic heterocycles. The third-order valence-electron chi connectivity index (χ3n) is 4.20. The average Bonchev–Trinajstić information content (AvgIpc) is 2.65. The van der Waals surface area contributed by atoms with Crippen LogP contribution in [0.4, 0.5) is 0 Å². The predicted molar refractivity (Wildman–Crippen MR) is 84.9 cm³/mol. The molecule has 0 bridgehead atoms. The van der Waals surface area contributed by atoms with Crippen LogP contribution in [0.15, 0.2) is 15.5 Å². The molecule has 1 saturated carbocycles. The van der Waals surface area contributed by atoms with Gasteiger partial charge in [-0.3, -0.25) is 9.36 Å². The van der Waals surface area contributed by atoms with Gasteiger partial charge >= 0.3 is 0 Å². The van der Waals surface area contributed by atoms with Gasteiger partial charge in [0.1, 0.15) is 10.3 Å². The van der Waals surface area contributed by atoms with Crippen molar-refractivity contribution < 1.29 is 0 Å². The largest absolute Gasteiger partial charge is 0.295 e. The summed E-state index contributed by atoms with van der Waals surface area (Å²) in [6.07, 6.45) is 9.02. The molecule has 0 amide bonds. The Balaban J connectivity index is 2.32. The Kier molecular flexibility index (Phi) is 5.12. The minimum atomic E-state index is 0.0258. The van der Waals surface area contributed by atoms with Gasteiger partial charge in [-0.25, -0.2) is 4.98 Å². The zero-order valence-electron chi connectivity index (χ0n) is 11.4. The number of nitrogens with zero attached hydrogens (tertiary/aromatic N) is 2. The highest BCUT2D eigenvalue weighted by Crippen LogP contribution is 2.37. The van der Waals surface area contributed by atoms with Crippen molar-refractivity contribution in [3.63, 3.8) is 0 Å². The molecule has 2 rings (SSSR count). The summed E-state index contributed by atoms with van der Waals surface area (Å²) in [6, 6.07) is 0. The van der Waals surface area contributed by atoms with Crippen molar-refractivity contribution in [3.8, 4) is 0 Å². The lowest BCUT2D eigenvalue weighted by atomic mass is 9.82. The van der Waals surface area contributed by atoms with Crippen LogP contribution in [0.3, 0.4) is 0 Å². The fourth-order valence-electron chi connectivity index (χ4n) is 2.92. The van der Waals surface area contributed by atoms with E-state index in [9.17, 15) is 4.79 Å². The maximum absolute atomic E-state index is 12.3. The Labute approximate surface area is 128 Å². The van der Waals surface area contributed by atoms with Crippen LogP contribution in [0, 0.1) is 12.3 Å². The van der Waals surface area contributed by atoms with Crippen molar-refractivity contribution in [1.82, 2.24) is 9.55 Å². The van der Waals surface area contributed by atoms with E-state index in [2.05, 4.69) is 33.5 Å². The fourth-order valence-corrected chi connectivity index (χ4v) is 3.65. The van der Waals surface area contributed by atoms with Gasteiger partial charge in [-0.05, 0) is 46.9 Å². The Morgan fingerprint density at radius 2 is 2.00 bits per heavy atom. The Bertz CT molecular complexity index is 493. The summed E-state index contributed by atoms with van der Waals surface area (Å²) >= 11 is 7.86. The second-order valence-electron chi connectivity index (χ2n) is 5.62. The smallest absolute Gasteiger partial charge is 0.267 e. The number of aromatic nitrogens is 2. The first-order valence-corrected chi connectivity index (χ1v) is 8.33. The van der Waals surface area contributed by atoms with Gasteiger partial charge < -0.3 is 0 Å². The lowest BCUT2D eigenvalue weighted by Gasteiger charge is -2.32. The van der Waals surface area contributed by atoms with Crippen LogP contribution >= 0.6 is 28.6 Å². The van der Waals surface area contributed by atoms with Crippen molar-refractivity contribution in [2.24, 2.45) is 5.41 Å². The molecule has 0 spiro atoms. The zero-order valence-corrected chi connectivity index (χ0v) is 13.8. The number of thiol groups is 1. The summed E-state index contributed by atoms with van der Waals surface area (Å²) in [6.45, 7) is 2.64.